The Balaban J connectivity index is 0.00000127. The van der Waals surface area contributed by atoms with Gasteiger partial charge in [0.2, 0.25) is 0 Å². The molecule has 1 aliphatic heterocycles. The van der Waals surface area contributed by atoms with Gasteiger partial charge in [0, 0.05) is 37.0 Å². The molecule has 0 spiro atoms. The summed E-state index contributed by atoms with van der Waals surface area (Å²) in [5.74, 6) is -0.794. The van der Waals surface area contributed by atoms with Gasteiger partial charge >= 0.3 is 5.97 Å². The van der Waals surface area contributed by atoms with E-state index in [9.17, 15) is 4.79 Å². The van der Waals surface area contributed by atoms with Crippen LogP contribution in [0.4, 0.5) is 0 Å². The van der Waals surface area contributed by atoms with Crippen molar-refractivity contribution in [3.63, 3.8) is 0 Å². The van der Waals surface area contributed by atoms with E-state index in [2.05, 4.69) is 28.0 Å². The van der Waals surface area contributed by atoms with Gasteiger partial charge in [0.25, 0.3) is 0 Å². The highest BCUT2D eigenvalue weighted by Gasteiger charge is 2.23. The highest BCUT2D eigenvalue weighted by atomic mass is 16.4. The summed E-state index contributed by atoms with van der Waals surface area (Å²) in [5.41, 5.74) is 4.24. The highest BCUT2D eigenvalue weighted by Crippen LogP contribution is 2.25. The zero-order chi connectivity index (χ0) is 17.2. The van der Waals surface area contributed by atoms with E-state index >= 15 is 0 Å². The first-order chi connectivity index (χ1) is 11.1. The SMILES string of the molecule is C=N/C=C\C/C=C(\C)c1n[nH]c2c1CN(CC(=O)O)CC2.CC. The van der Waals surface area contributed by atoms with E-state index in [0.717, 1.165) is 41.9 Å². The Morgan fingerprint density at radius 1 is 1.52 bits per heavy atom. The molecule has 0 fully saturated rings. The lowest BCUT2D eigenvalue weighted by molar-refractivity contribution is -0.138. The van der Waals surface area contributed by atoms with E-state index in [4.69, 9.17) is 5.11 Å². The van der Waals surface area contributed by atoms with Gasteiger partial charge in [-0.3, -0.25) is 19.8 Å². The van der Waals surface area contributed by atoms with E-state index < -0.39 is 5.97 Å². The van der Waals surface area contributed by atoms with Crippen LogP contribution in [0.15, 0.2) is 23.3 Å². The number of allylic oxidation sites excluding steroid dienone is 3. The summed E-state index contributed by atoms with van der Waals surface area (Å²) in [6.45, 7) is 10.8. The lowest BCUT2D eigenvalue weighted by Gasteiger charge is -2.25. The average molecular weight is 318 g/mol. The molecule has 1 aromatic rings. The van der Waals surface area contributed by atoms with Crippen LogP contribution >= 0.6 is 0 Å². The number of carboxylic acids is 1. The smallest absolute Gasteiger partial charge is 0.317 e. The molecule has 126 valence electrons. The van der Waals surface area contributed by atoms with Crippen molar-refractivity contribution in [3.05, 3.63) is 35.3 Å². The first-order valence-corrected chi connectivity index (χ1v) is 7.90. The molecular formula is C17H26N4O2. The molecular weight excluding hydrogens is 292 g/mol. The number of carboxylic acid groups (broad SMARTS) is 1. The van der Waals surface area contributed by atoms with E-state index in [1.54, 1.807) is 6.20 Å². The molecule has 0 aliphatic carbocycles. The zero-order valence-electron chi connectivity index (χ0n) is 14.2. The number of aromatic amines is 1. The largest absolute Gasteiger partial charge is 0.480 e. The zero-order valence-corrected chi connectivity index (χ0v) is 14.2. The van der Waals surface area contributed by atoms with Crippen molar-refractivity contribution in [1.29, 1.82) is 0 Å². The topological polar surface area (TPSA) is 81.6 Å². The van der Waals surface area contributed by atoms with Crippen LogP contribution in [0.5, 0.6) is 0 Å². The molecule has 0 amide bonds. The third-order valence-corrected chi connectivity index (χ3v) is 3.52. The van der Waals surface area contributed by atoms with Gasteiger partial charge in [-0.25, -0.2) is 0 Å². The van der Waals surface area contributed by atoms with E-state index in [1.165, 1.54) is 0 Å². The van der Waals surface area contributed by atoms with Gasteiger partial charge in [0.15, 0.2) is 0 Å². The fourth-order valence-corrected chi connectivity index (χ4v) is 2.48. The fourth-order valence-electron chi connectivity index (χ4n) is 2.48. The quantitative estimate of drug-likeness (QED) is 0.790. The Bertz CT molecular complexity index is 587. The molecule has 0 unspecified atom stereocenters. The first-order valence-electron chi connectivity index (χ1n) is 7.90. The minimum atomic E-state index is -0.794. The summed E-state index contributed by atoms with van der Waals surface area (Å²) in [4.78, 5) is 16.4. The molecule has 0 saturated heterocycles. The van der Waals surface area contributed by atoms with Crippen LogP contribution in [0.3, 0.4) is 0 Å². The summed E-state index contributed by atoms with van der Waals surface area (Å²) >= 11 is 0. The number of fused-ring (bicyclic) bond motifs is 1. The molecule has 2 N–H and O–H groups in total. The average Bonchev–Trinajstić information content (AvgIpc) is 2.96. The van der Waals surface area contributed by atoms with Crippen molar-refractivity contribution in [2.24, 2.45) is 4.99 Å². The fraction of sp³-hybridized carbons (Fsp3) is 0.471. The summed E-state index contributed by atoms with van der Waals surface area (Å²) in [5, 5.41) is 16.4. The van der Waals surface area contributed by atoms with Crippen molar-refractivity contribution >= 4 is 18.3 Å². The van der Waals surface area contributed by atoms with Gasteiger partial charge in [-0.1, -0.05) is 26.0 Å². The maximum absolute atomic E-state index is 10.8. The molecule has 0 bridgehead atoms. The molecule has 6 heteroatoms. The number of nitrogens with one attached hydrogen (secondary N) is 1. The van der Waals surface area contributed by atoms with Gasteiger partial charge < -0.3 is 5.11 Å². The third kappa shape index (κ3) is 5.49. The Morgan fingerprint density at radius 3 is 2.91 bits per heavy atom. The van der Waals surface area contributed by atoms with Crippen LogP contribution in [-0.2, 0) is 17.8 Å². The summed E-state index contributed by atoms with van der Waals surface area (Å²) in [6, 6.07) is 0. The van der Waals surface area contributed by atoms with Gasteiger partial charge in [0.05, 0.1) is 12.2 Å². The molecule has 0 aromatic carbocycles. The van der Waals surface area contributed by atoms with E-state index in [0.29, 0.717) is 6.54 Å². The van der Waals surface area contributed by atoms with Crippen LogP contribution in [-0.4, -0.2) is 46.0 Å². The van der Waals surface area contributed by atoms with Gasteiger partial charge in [0.1, 0.15) is 0 Å². The Morgan fingerprint density at radius 2 is 2.26 bits per heavy atom. The standard InChI is InChI=1S/C15H20N4O2.C2H6/c1-11(5-3-4-7-16-2)15-12-9-19(10-14(20)21)8-6-13(12)17-18-15;1-2/h4-5,7H,2-3,6,8-10H2,1H3,(H,17,18)(H,20,21);1-2H3/b7-4-,11-5+;. The van der Waals surface area contributed by atoms with Crippen molar-refractivity contribution < 1.29 is 9.90 Å². The Labute approximate surface area is 137 Å². The number of aliphatic carboxylic acids is 1. The molecule has 0 radical (unpaired) electrons. The normalized spacial score (nSPS) is 15.0. The van der Waals surface area contributed by atoms with Crippen molar-refractivity contribution in [2.75, 3.05) is 13.1 Å². The molecule has 2 rings (SSSR count). The number of hydrogen-bond acceptors (Lipinski definition) is 4. The van der Waals surface area contributed by atoms with Crippen LogP contribution in [0, 0.1) is 0 Å². The number of aromatic nitrogens is 2. The summed E-state index contributed by atoms with van der Waals surface area (Å²) < 4.78 is 0. The number of rotatable bonds is 6. The minimum Gasteiger partial charge on any atom is -0.480 e. The molecule has 23 heavy (non-hydrogen) atoms. The Hall–Kier alpha value is -2.21. The molecule has 0 atom stereocenters. The van der Waals surface area contributed by atoms with E-state index in [-0.39, 0.29) is 6.54 Å². The van der Waals surface area contributed by atoms with Gasteiger partial charge in [-0.15, -0.1) is 0 Å². The molecule has 1 aromatic heterocycles. The second kappa shape index (κ2) is 9.74. The number of nitrogens with zero attached hydrogens (tertiary/aromatic N) is 3. The van der Waals surface area contributed by atoms with Crippen LogP contribution in [0.1, 0.15) is 44.1 Å². The maximum Gasteiger partial charge on any atom is 0.317 e. The summed E-state index contributed by atoms with van der Waals surface area (Å²) in [6.07, 6.45) is 7.24. The lowest BCUT2D eigenvalue weighted by atomic mass is 10.0. The molecule has 6 nitrogen and oxygen atoms in total. The number of hydrogen-bond donors (Lipinski definition) is 2. The van der Waals surface area contributed by atoms with Crippen LogP contribution in [0.25, 0.3) is 5.57 Å². The second-order valence-electron chi connectivity index (χ2n) is 5.07. The number of carbonyl (C=O) groups is 1. The minimum absolute atomic E-state index is 0.0700. The monoisotopic (exact) mass is 318 g/mol. The molecule has 2 heterocycles. The van der Waals surface area contributed by atoms with Crippen molar-refractivity contribution in [1.82, 2.24) is 15.1 Å². The van der Waals surface area contributed by atoms with E-state index in [1.807, 2.05) is 31.7 Å². The Kier molecular flexibility index (Phi) is 7.97. The van der Waals surface area contributed by atoms with Gasteiger partial charge in [-0.05, 0) is 25.6 Å². The third-order valence-electron chi connectivity index (χ3n) is 3.52. The predicted molar refractivity (Wildman–Crippen MR) is 93.5 cm³/mol. The number of H-pyrrole nitrogens is 1. The lowest BCUT2D eigenvalue weighted by Crippen LogP contribution is -2.34. The van der Waals surface area contributed by atoms with Crippen molar-refractivity contribution in [2.45, 2.75) is 40.2 Å². The predicted octanol–water partition coefficient (Wildman–Crippen LogP) is 2.89. The maximum atomic E-state index is 10.8. The highest BCUT2D eigenvalue weighted by molar-refractivity contribution is 5.69. The first kappa shape index (κ1) is 18.8. The number of aliphatic imine (C=N–C) groups is 1. The molecule has 0 saturated carbocycles. The molecule has 1 aliphatic rings. The van der Waals surface area contributed by atoms with Crippen LogP contribution < -0.4 is 0 Å². The second-order valence-corrected chi connectivity index (χ2v) is 5.07. The van der Waals surface area contributed by atoms with Gasteiger partial charge in [-0.2, -0.15) is 5.10 Å². The van der Waals surface area contributed by atoms with Crippen LogP contribution in [0.2, 0.25) is 0 Å². The van der Waals surface area contributed by atoms with Crippen molar-refractivity contribution in [3.8, 4) is 0 Å². The summed E-state index contributed by atoms with van der Waals surface area (Å²) in [7, 11) is 0.